The first kappa shape index (κ1) is 25.6. The quantitative estimate of drug-likeness (QED) is 0.319. The number of hydrogen-bond donors (Lipinski definition) is 3. The molecule has 3 N–H and O–H groups in total. The number of fused-ring (bicyclic) bond motifs is 1. The van der Waals surface area contributed by atoms with E-state index in [4.69, 9.17) is 10.4 Å². The van der Waals surface area contributed by atoms with Gasteiger partial charge in [0.25, 0.3) is 5.91 Å². The Morgan fingerprint density at radius 1 is 1.15 bits per heavy atom. The average molecular weight is 521 g/mol. The summed E-state index contributed by atoms with van der Waals surface area (Å²) in [5, 5.41) is 35.3. The van der Waals surface area contributed by atoms with Gasteiger partial charge in [0, 0.05) is 80.3 Å². The number of aliphatic hydroxyl groups is 1. The number of aliphatic hydroxyl groups excluding tert-OH is 1. The summed E-state index contributed by atoms with van der Waals surface area (Å²) >= 11 is 0. The van der Waals surface area contributed by atoms with Gasteiger partial charge < -0.3 is 25.6 Å². The van der Waals surface area contributed by atoms with Crippen LogP contribution in [0.2, 0.25) is 0 Å². The number of aromatic nitrogens is 3. The Morgan fingerprint density at radius 2 is 1.92 bits per heavy atom. The number of piperazine rings is 1. The largest absolute Gasteiger partial charge is 0.393 e. The van der Waals surface area contributed by atoms with Crippen molar-refractivity contribution in [2.45, 2.75) is 6.10 Å². The molecule has 1 unspecified atom stereocenters. The first-order valence-electron chi connectivity index (χ1n) is 12.6. The highest BCUT2D eigenvalue weighted by Gasteiger charge is 2.27. The van der Waals surface area contributed by atoms with Crippen LogP contribution >= 0.6 is 0 Å². The molecule has 0 spiro atoms. The fourth-order valence-corrected chi connectivity index (χ4v) is 4.78. The fraction of sp³-hybridized carbons (Fsp3) is 0.207. The highest BCUT2D eigenvalue weighted by Crippen LogP contribution is 2.31. The van der Waals surface area contributed by atoms with Gasteiger partial charge in [-0.05, 0) is 23.8 Å². The van der Waals surface area contributed by atoms with Crippen molar-refractivity contribution in [2.75, 3.05) is 38.1 Å². The second-order valence-electron chi connectivity index (χ2n) is 9.17. The zero-order valence-electron chi connectivity index (χ0n) is 21.5. The molecule has 1 saturated heterocycles. The summed E-state index contributed by atoms with van der Waals surface area (Å²) in [6.45, 7) is 2.16. The number of hydrogen-bond acceptors (Lipinski definition) is 8. The summed E-state index contributed by atoms with van der Waals surface area (Å²) in [7, 11) is 1.77. The second-order valence-corrected chi connectivity index (χ2v) is 9.17. The van der Waals surface area contributed by atoms with E-state index in [0.717, 1.165) is 22.5 Å². The summed E-state index contributed by atoms with van der Waals surface area (Å²) in [5.41, 5.74) is 4.76. The average Bonchev–Trinajstić information content (AvgIpc) is 3.42. The molecule has 1 aliphatic rings. The van der Waals surface area contributed by atoms with E-state index in [2.05, 4.69) is 21.4 Å². The molecule has 4 heterocycles. The maximum atomic E-state index is 12.8. The van der Waals surface area contributed by atoms with E-state index in [1.54, 1.807) is 59.3 Å². The van der Waals surface area contributed by atoms with Crippen molar-refractivity contribution in [3.05, 3.63) is 90.0 Å². The third-order valence-corrected chi connectivity index (χ3v) is 6.84. The van der Waals surface area contributed by atoms with Crippen molar-refractivity contribution in [1.82, 2.24) is 24.8 Å². The standard InChI is InChI=1S/C29H28N8O2/c1-32-16-23(14-30)22-13-25(27-24(15-31)18-34-37(27)19-22)21-7-8-26(33-17-21)35-9-11-36(12-10-35)29(39)28(38)20-5-3-2-4-6-20/h2-8,13-14,16-19,28,30,32,38H,9-12H2,1H3/b23-16+,30-14?. The second kappa shape index (κ2) is 11.2. The maximum Gasteiger partial charge on any atom is 0.256 e. The van der Waals surface area contributed by atoms with Gasteiger partial charge in [-0.15, -0.1) is 0 Å². The number of nitrogens with zero attached hydrogens (tertiary/aromatic N) is 6. The number of carbonyl (C=O) groups excluding carboxylic acids is 1. The number of pyridine rings is 2. The molecule has 39 heavy (non-hydrogen) atoms. The molecule has 4 aromatic rings. The van der Waals surface area contributed by atoms with Crippen LogP contribution in [0, 0.1) is 16.7 Å². The van der Waals surface area contributed by atoms with E-state index in [0.29, 0.717) is 48.4 Å². The third-order valence-electron chi connectivity index (χ3n) is 6.84. The van der Waals surface area contributed by atoms with Gasteiger partial charge in [0.2, 0.25) is 0 Å². The van der Waals surface area contributed by atoms with Gasteiger partial charge in [-0.3, -0.25) is 4.79 Å². The van der Waals surface area contributed by atoms with Crippen LogP contribution in [0.25, 0.3) is 22.2 Å². The Balaban J connectivity index is 1.36. The zero-order valence-corrected chi connectivity index (χ0v) is 21.5. The van der Waals surface area contributed by atoms with E-state index in [1.807, 2.05) is 24.3 Å². The number of amides is 1. The lowest BCUT2D eigenvalue weighted by atomic mass is 10.0. The number of benzene rings is 1. The SMILES string of the molecule is CN/C=C(\C=N)c1cc(-c2ccc(N3CCN(C(=O)C(O)c4ccccc4)CC3)nc2)c2c(C#N)cnn2c1. The van der Waals surface area contributed by atoms with Gasteiger partial charge in [0.05, 0.1) is 17.3 Å². The van der Waals surface area contributed by atoms with Gasteiger partial charge in [0.15, 0.2) is 6.10 Å². The van der Waals surface area contributed by atoms with Crippen molar-refractivity contribution >= 4 is 29.0 Å². The van der Waals surface area contributed by atoms with Crippen LogP contribution in [0.1, 0.15) is 22.8 Å². The molecule has 0 aliphatic carbocycles. The van der Waals surface area contributed by atoms with Gasteiger partial charge >= 0.3 is 0 Å². The first-order chi connectivity index (χ1) is 19.0. The fourth-order valence-electron chi connectivity index (χ4n) is 4.78. The van der Waals surface area contributed by atoms with Crippen LogP contribution in [-0.4, -0.2) is 70.0 Å². The van der Waals surface area contributed by atoms with Crippen LogP contribution in [0.4, 0.5) is 5.82 Å². The minimum atomic E-state index is -1.17. The lowest BCUT2D eigenvalue weighted by molar-refractivity contribution is -0.140. The van der Waals surface area contributed by atoms with Crippen molar-refractivity contribution < 1.29 is 9.90 Å². The number of rotatable bonds is 7. The molecule has 1 atom stereocenters. The molecular weight excluding hydrogens is 492 g/mol. The molecule has 1 aromatic carbocycles. The molecule has 1 amide bonds. The molecule has 0 saturated carbocycles. The highest BCUT2D eigenvalue weighted by atomic mass is 16.3. The molecule has 3 aromatic heterocycles. The van der Waals surface area contributed by atoms with E-state index >= 15 is 0 Å². The Labute approximate surface area is 225 Å². The Kier molecular flexibility index (Phi) is 7.34. The van der Waals surface area contributed by atoms with Crippen LogP contribution in [0.3, 0.4) is 0 Å². The summed E-state index contributed by atoms with van der Waals surface area (Å²) in [6.07, 6.45) is 6.93. The van der Waals surface area contributed by atoms with Crippen LogP contribution < -0.4 is 10.2 Å². The summed E-state index contributed by atoms with van der Waals surface area (Å²) < 4.78 is 1.66. The van der Waals surface area contributed by atoms with E-state index in [9.17, 15) is 15.2 Å². The number of allylic oxidation sites excluding steroid dienone is 1. The number of anilines is 1. The van der Waals surface area contributed by atoms with Crippen molar-refractivity contribution in [2.24, 2.45) is 0 Å². The molecule has 0 radical (unpaired) electrons. The smallest absolute Gasteiger partial charge is 0.256 e. The van der Waals surface area contributed by atoms with Gasteiger partial charge in [-0.25, -0.2) is 9.50 Å². The summed E-state index contributed by atoms with van der Waals surface area (Å²) in [6, 6.07) is 17.0. The molecule has 196 valence electrons. The monoisotopic (exact) mass is 520 g/mol. The zero-order chi connectivity index (χ0) is 27.4. The summed E-state index contributed by atoms with van der Waals surface area (Å²) in [4.78, 5) is 21.3. The number of nitriles is 1. The predicted molar refractivity (Wildman–Crippen MR) is 149 cm³/mol. The Bertz CT molecular complexity index is 1560. The first-order valence-corrected chi connectivity index (χ1v) is 12.6. The summed E-state index contributed by atoms with van der Waals surface area (Å²) in [5.74, 6) is 0.490. The molecule has 10 heteroatoms. The Hall–Kier alpha value is -5.01. The predicted octanol–water partition coefficient (Wildman–Crippen LogP) is 2.86. The molecule has 1 aliphatic heterocycles. The van der Waals surface area contributed by atoms with Crippen molar-refractivity contribution in [1.29, 1.82) is 10.7 Å². The van der Waals surface area contributed by atoms with E-state index < -0.39 is 6.10 Å². The maximum absolute atomic E-state index is 12.8. The number of nitrogens with one attached hydrogen (secondary N) is 2. The van der Waals surface area contributed by atoms with E-state index in [1.165, 1.54) is 12.4 Å². The number of carbonyl (C=O) groups is 1. The lowest BCUT2D eigenvalue weighted by Crippen LogP contribution is -2.50. The topological polar surface area (TPSA) is 134 Å². The van der Waals surface area contributed by atoms with Gasteiger partial charge in [-0.1, -0.05) is 30.3 Å². The van der Waals surface area contributed by atoms with Gasteiger partial charge in [-0.2, -0.15) is 10.4 Å². The highest BCUT2D eigenvalue weighted by molar-refractivity contribution is 6.08. The lowest BCUT2D eigenvalue weighted by Gasteiger charge is -2.36. The van der Waals surface area contributed by atoms with Crippen LogP contribution in [0.5, 0.6) is 0 Å². The molecule has 5 rings (SSSR count). The third kappa shape index (κ3) is 5.08. The molecule has 0 bridgehead atoms. The van der Waals surface area contributed by atoms with Crippen LogP contribution in [0.15, 0.2) is 73.3 Å². The normalized spacial score (nSPS) is 14.6. The minimum absolute atomic E-state index is 0.293. The molecule has 10 nitrogen and oxygen atoms in total. The van der Waals surface area contributed by atoms with Gasteiger partial charge in [0.1, 0.15) is 11.9 Å². The van der Waals surface area contributed by atoms with Crippen molar-refractivity contribution in [3.8, 4) is 17.2 Å². The van der Waals surface area contributed by atoms with Crippen LogP contribution in [-0.2, 0) is 4.79 Å². The van der Waals surface area contributed by atoms with Crippen molar-refractivity contribution in [3.63, 3.8) is 0 Å². The minimum Gasteiger partial charge on any atom is -0.393 e. The molecular formula is C29H28N8O2. The Morgan fingerprint density at radius 3 is 2.56 bits per heavy atom. The van der Waals surface area contributed by atoms with E-state index in [-0.39, 0.29) is 5.91 Å². The molecule has 1 fully saturated rings.